The zero-order valence-electron chi connectivity index (χ0n) is 9.50. The molecule has 5 nitrogen and oxygen atoms in total. The molecule has 5 heteroatoms. The summed E-state index contributed by atoms with van der Waals surface area (Å²) in [5.41, 5.74) is 0.583. The summed E-state index contributed by atoms with van der Waals surface area (Å²) in [6.45, 7) is 3.11. The molecular formula is C12H12N4O. The smallest absolute Gasteiger partial charge is 0.164 e. The van der Waals surface area contributed by atoms with Gasteiger partial charge in [0.2, 0.25) is 0 Å². The average Bonchev–Trinajstić information content (AvgIpc) is 2.84. The predicted molar refractivity (Wildman–Crippen MR) is 61.2 cm³/mol. The molecule has 0 unspecified atom stereocenters. The van der Waals surface area contributed by atoms with Crippen LogP contribution in [0.2, 0.25) is 0 Å². The van der Waals surface area contributed by atoms with E-state index in [1.807, 2.05) is 13.0 Å². The Kier molecular flexibility index (Phi) is 3.36. The molecule has 1 heterocycles. The van der Waals surface area contributed by atoms with E-state index >= 15 is 0 Å². The van der Waals surface area contributed by atoms with E-state index in [0.29, 0.717) is 17.9 Å². The molecule has 0 bridgehead atoms. The number of nitrogens with zero attached hydrogens (tertiary/aromatic N) is 4. The van der Waals surface area contributed by atoms with Crippen molar-refractivity contribution in [1.82, 2.24) is 14.8 Å². The first-order valence-electron chi connectivity index (χ1n) is 5.33. The second-order valence-electron chi connectivity index (χ2n) is 3.42. The van der Waals surface area contributed by atoms with E-state index in [1.54, 1.807) is 22.9 Å². The number of nitriles is 1. The van der Waals surface area contributed by atoms with Crippen LogP contribution in [-0.2, 0) is 13.2 Å². The van der Waals surface area contributed by atoms with Gasteiger partial charge in [-0.25, -0.2) is 9.67 Å². The van der Waals surface area contributed by atoms with Gasteiger partial charge >= 0.3 is 0 Å². The van der Waals surface area contributed by atoms with Gasteiger partial charge in [-0.15, -0.1) is 0 Å². The van der Waals surface area contributed by atoms with Crippen LogP contribution in [0.3, 0.4) is 0 Å². The summed E-state index contributed by atoms with van der Waals surface area (Å²) >= 11 is 0. The summed E-state index contributed by atoms with van der Waals surface area (Å²) in [6.07, 6.45) is 1.51. The Morgan fingerprint density at radius 3 is 3.12 bits per heavy atom. The zero-order valence-corrected chi connectivity index (χ0v) is 9.50. The van der Waals surface area contributed by atoms with E-state index in [4.69, 9.17) is 10.00 Å². The van der Waals surface area contributed by atoms with Crippen molar-refractivity contribution < 1.29 is 4.74 Å². The molecule has 2 rings (SSSR count). The molecule has 2 aromatic rings. The van der Waals surface area contributed by atoms with Gasteiger partial charge in [0, 0.05) is 6.54 Å². The number of aromatic nitrogens is 3. The van der Waals surface area contributed by atoms with Gasteiger partial charge in [-0.05, 0) is 25.1 Å². The Morgan fingerprint density at radius 2 is 2.35 bits per heavy atom. The minimum atomic E-state index is 0.350. The number of rotatable bonds is 4. The van der Waals surface area contributed by atoms with Gasteiger partial charge in [0.1, 0.15) is 18.7 Å². The van der Waals surface area contributed by atoms with Crippen molar-refractivity contribution in [1.29, 1.82) is 5.26 Å². The quantitative estimate of drug-likeness (QED) is 0.799. The van der Waals surface area contributed by atoms with Crippen LogP contribution in [0, 0.1) is 11.3 Å². The summed E-state index contributed by atoms with van der Waals surface area (Å²) in [5.74, 6) is 1.43. The SMILES string of the molecule is CCn1ncnc1COc1cccc(C#N)c1. The summed E-state index contributed by atoms with van der Waals surface area (Å²) in [5, 5.41) is 12.8. The van der Waals surface area contributed by atoms with Crippen molar-refractivity contribution in [2.24, 2.45) is 0 Å². The maximum absolute atomic E-state index is 8.76. The third kappa shape index (κ3) is 2.61. The molecular weight excluding hydrogens is 216 g/mol. The topological polar surface area (TPSA) is 63.7 Å². The van der Waals surface area contributed by atoms with Crippen molar-refractivity contribution in [3.8, 4) is 11.8 Å². The number of hydrogen-bond donors (Lipinski definition) is 0. The normalized spacial score (nSPS) is 9.88. The molecule has 1 aromatic heterocycles. The third-order valence-corrected chi connectivity index (χ3v) is 2.33. The Morgan fingerprint density at radius 1 is 1.47 bits per heavy atom. The summed E-state index contributed by atoms with van der Waals surface area (Å²) < 4.78 is 7.33. The Bertz CT molecular complexity index is 541. The van der Waals surface area contributed by atoms with E-state index in [9.17, 15) is 0 Å². The van der Waals surface area contributed by atoms with Crippen LogP contribution < -0.4 is 4.74 Å². The highest BCUT2D eigenvalue weighted by Gasteiger charge is 2.03. The molecule has 0 aliphatic carbocycles. The van der Waals surface area contributed by atoms with Gasteiger partial charge in [-0.1, -0.05) is 6.07 Å². The fraction of sp³-hybridized carbons (Fsp3) is 0.250. The van der Waals surface area contributed by atoms with Crippen molar-refractivity contribution >= 4 is 0 Å². The second-order valence-corrected chi connectivity index (χ2v) is 3.42. The molecule has 0 N–H and O–H groups in total. The van der Waals surface area contributed by atoms with Gasteiger partial charge < -0.3 is 4.74 Å². The molecule has 0 saturated heterocycles. The first kappa shape index (κ1) is 11.1. The number of hydrogen-bond acceptors (Lipinski definition) is 4. The number of ether oxygens (including phenoxy) is 1. The fourth-order valence-corrected chi connectivity index (χ4v) is 1.47. The van der Waals surface area contributed by atoms with Gasteiger partial charge in [-0.2, -0.15) is 10.4 Å². The van der Waals surface area contributed by atoms with Gasteiger partial charge in [0.25, 0.3) is 0 Å². The predicted octanol–water partition coefficient (Wildman–Crippen LogP) is 1.75. The number of aryl methyl sites for hydroxylation is 1. The highest BCUT2D eigenvalue weighted by molar-refractivity contribution is 5.36. The molecule has 0 fully saturated rings. The molecule has 17 heavy (non-hydrogen) atoms. The minimum Gasteiger partial charge on any atom is -0.486 e. The third-order valence-electron chi connectivity index (χ3n) is 2.33. The monoisotopic (exact) mass is 228 g/mol. The van der Waals surface area contributed by atoms with Crippen LogP contribution in [-0.4, -0.2) is 14.8 Å². The van der Waals surface area contributed by atoms with Crippen LogP contribution >= 0.6 is 0 Å². The van der Waals surface area contributed by atoms with E-state index in [1.165, 1.54) is 6.33 Å². The van der Waals surface area contributed by atoms with E-state index < -0.39 is 0 Å². The minimum absolute atomic E-state index is 0.350. The first-order chi connectivity index (χ1) is 8.33. The molecule has 0 aliphatic rings. The van der Waals surface area contributed by atoms with E-state index in [-0.39, 0.29) is 0 Å². The second kappa shape index (κ2) is 5.12. The lowest BCUT2D eigenvalue weighted by Gasteiger charge is -2.06. The standard InChI is InChI=1S/C12H12N4O/c1-2-16-12(14-9-15-16)8-17-11-5-3-4-10(6-11)7-13/h3-6,9H,2,8H2,1H3. The van der Waals surface area contributed by atoms with Crippen LogP contribution in [0.25, 0.3) is 0 Å². The summed E-state index contributed by atoms with van der Waals surface area (Å²) in [7, 11) is 0. The highest BCUT2D eigenvalue weighted by atomic mass is 16.5. The maximum atomic E-state index is 8.76. The van der Waals surface area contributed by atoms with Crippen molar-refractivity contribution in [3.63, 3.8) is 0 Å². The Balaban J connectivity index is 2.05. The first-order valence-corrected chi connectivity index (χ1v) is 5.33. The van der Waals surface area contributed by atoms with Gasteiger partial charge in [-0.3, -0.25) is 0 Å². The average molecular weight is 228 g/mol. The Labute approximate surface area is 99.3 Å². The Hall–Kier alpha value is -2.35. The molecule has 86 valence electrons. The lowest BCUT2D eigenvalue weighted by atomic mass is 10.2. The largest absolute Gasteiger partial charge is 0.486 e. The van der Waals surface area contributed by atoms with Gasteiger partial charge in [0.15, 0.2) is 5.82 Å². The molecule has 0 amide bonds. The lowest BCUT2D eigenvalue weighted by molar-refractivity contribution is 0.287. The zero-order chi connectivity index (χ0) is 12.1. The number of benzene rings is 1. The van der Waals surface area contributed by atoms with Crippen molar-refractivity contribution in [3.05, 3.63) is 42.0 Å². The van der Waals surface area contributed by atoms with Crippen LogP contribution in [0.15, 0.2) is 30.6 Å². The van der Waals surface area contributed by atoms with Crippen LogP contribution in [0.4, 0.5) is 0 Å². The molecule has 0 atom stereocenters. The molecule has 0 aliphatic heterocycles. The highest BCUT2D eigenvalue weighted by Crippen LogP contribution is 2.13. The fourth-order valence-electron chi connectivity index (χ4n) is 1.47. The van der Waals surface area contributed by atoms with Gasteiger partial charge in [0.05, 0.1) is 11.6 Å². The molecule has 0 radical (unpaired) electrons. The molecule has 0 saturated carbocycles. The van der Waals surface area contributed by atoms with E-state index in [0.717, 1.165) is 12.4 Å². The van der Waals surface area contributed by atoms with Crippen molar-refractivity contribution in [2.45, 2.75) is 20.1 Å². The summed E-state index contributed by atoms with van der Waals surface area (Å²) in [6, 6.07) is 9.11. The van der Waals surface area contributed by atoms with Crippen LogP contribution in [0.1, 0.15) is 18.3 Å². The lowest BCUT2D eigenvalue weighted by Crippen LogP contribution is -2.07. The maximum Gasteiger partial charge on any atom is 0.164 e. The summed E-state index contributed by atoms with van der Waals surface area (Å²) in [4.78, 5) is 4.11. The van der Waals surface area contributed by atoms with E-state index in [2.05, 4.69) is 16.2 Å². The molecule has 1 aromatic carbocycles. The van der Waals surface area contributed by atoms with Crippen LogP contribution in [0.5, 0.6) is 5.75 Å². The van der Waals surface area contributed by atoms with Crippen molar-refractivity contribution in [2.75, 3.05) is 0 Å². The molecule has 0 spiro atoms.